The molecule has 0 aromatic carbocycles. The first-order chi connectivity index (χ1) is 8.06. The summed E-state index contributed by atoms with van der Waals surface area (Å²) >= 11 is 9.39. The van der Waals surface area contributed by atoms with E-state index in [4.69, 9.17) is 11.6 Å². The lowest BCUT2D eigenvalue weighted by molar-refractivity contribution is 0.765. The molecule has 2 aromatic heterocycles. The maximum atomic E-state index is 6.02. The first kappa shape index (κ1) is 12.4. The average Bonchev–Trinajstić information content (AvgIpc) is 2.70. The zero-order valence-corrected chi connectivity index (χ0v) is 11.8. The van der Waals surface area contributed by atoms with Crippen molar-refractivity contribution in [3.63, 3.8) is 0 Å². The maximum Gasteiger partial charge on any atom is 0.152 e. The fourth-order valence-electron chi connectivity index (χ4n) is 1.50. The number of rotatable bonds is 3. The van der Waals surface area contributed by atoms with Gasteiger partial charge in [-0.25, -0.2) is 4.98 Å². The second-order valence-corrected chi connectivity index (χ2v) is 5.08. The Morgan fingerprint density at radius 3 is 2.88 bits per heavy atom. The molecule has 2 aromatic rings. The minimum absolute atomic E-state index is 0.122. The van der Waals surface area contributed by atoms with Gasteiger partial charge in [0.05, 0.1) is 17.9 Å². The summed E-state index contributed by atoms with van der Waals surface area (Å²) in [6.07, 6.45) is 5.47. The third kappa shape index (κ3) is 2.98. The van der Waals surface area contributed by atoms with Crippen molar-refractivity contribution in [1.29, 1.82) is 0 Å². The molecule has 1 N–H and O–H groups in total. The van der Waals surface area contributed by atoms with E-state index in [-0.39, 0.29) is 6.04 Å². The molecule has 0 saturated heterocycles. The lowest BCUT2D eigenvalue weighted by Gasteiger charge is -2.14. The Balaban J connectivity index is 2.18. The molecule has 0 spiro atoms. The van der Waals surface area contributed by atoms with Crippen LogP contribution in [0, 0.1) is 0 Å². The van der Waals surface area contributed by atoms with Gasteiger partial charge in [-0.05, 0) is 28.9 Å². The molecule has 2 heterocycles. The van der Waals surface area contributed by atoms with Gasteiger partial charge in [0, 0.05) is 29.5 Å². The standard InChI is InChI=1S/C11H12BrClN4/c1-7(8-4-15-17(2)6-8)16-10-3-9(12)5-14-11(10)13/h3-7,16H,1-2H3. The van der Waals surface area contributed by atoms with E-state index in [0.29, 0.717) is 5.15 Å². The number of halogens is 2. The fraction of sp³-hybridized carbons (Fsp3) is 0.273. The summed E-state index contributed by atoms with van der Waals surface area (Å²) in [7, 11) is 1.89. The number of anilines is 1. The van der Waals surface area contributed by atoms with Crippen LogP contribution in [0.2, 0.25) is 5.15 Å². The van der Waals surface area contributed by atoms with Crippen molar-refractivity contribution in [3.05, 3.63) is 39.8 Å². The largest absolute Gasteiger partial charge is 0.376 e. The van der Waals surface area contributed by atoms with Gasteiger partial charge >= 0.3 is 0 Å². The SMILES string of the molecule is CC(Nc1cc(Br)cnc1Cl)c1cnn(C)c1. The van der Waals surface area contributed by atoms with Crippen molar-refractivity contribution in [2.24, 2.45) is 7.05 Å². The topological polar surface area (TPSA) is 42.7 Å². The van der Waals surface area contributed by atoms with Gasteiger partial charge in [0.15, 0.2) is 5.15 Å². The van der Waals surface area contributed by atoms with Gasteiger partial charge in [-0.3, -0.25) is 4.68 Å². The van der Waals surface area contributed by atoms with Crippen molar-refractivity contribution >= 4 is 33.2 Å². The van der Waals surface area contributed by atoms with E-state index in [2.05, 4.69) is 31.3 Å². The van der Waals surface area contributed by atoms with Crippen LogP contribution in [0.5, 0.6) is 0 Å². The highest BCUT2D eigenvalue weighted by atomic mass is 79.9. The number of nitrogens with one attached hydrogen (secondary N) is 1. The van der Waals surface area contributed by atoms with Gasteiger partial charge in [-0.1, -0.05) is 11.6 Å². The summed E-state index contributed by atoms with van der Waals surface area (Å²) in [5, 5.41) is 7.90. The Hall–Kier alpha value is -1.07. The second kappa shape index (κ2) is 5.06. The van der Waals surface area contributed by atoms with E-state index >= 15 is 0 Å². The van der Waals surface area contributed by atoms with E-state index in [0.717, 1.165) is 15.7 Å². The molecule has 1 unspecified atom stereocenters. The Morgan fingerprint density at radius 2 is 2.24 bits per heavy atom. The summed E-state index contributed by atoms with van der Waals surface area (Å²) in [5.74, 6) is 0. The second-order valence-electron chi connectivity index (χ2n) is 3.81. The van der Waals surface area contributed by atoms with Gasteiger partial charge < -0.3 is 5.32 Å². The molecule has 6 heteroatoms. The van der Waals surface area contributed by atoms with Crippen LogP contribution >= 0.6 is 27.5 Å². The summed E-state index contributed by atoms with van der Waals surface area (Å²) in [6, 6.07) is 2.03. The van der Waals surface area contributed by atoms with Crippen LogP contribution in [-0.2, 0) is 7.05 Å². The molecule has 0 aliphatic rings. The van der Waals surface area contributed by atoms with Crippen molar-refractivity contribution in [2.45, 2.75) is 13.0 Å². The van der Waals surface area contributed by atoms with Crippen LogP contribution in [-0.4, -0.2) is 14.8 Å². The first-order valence-electron chi connectivity index (χ1n) is 5.12. The van der Waals surface area contributed by atoms with E-state index in [1.807, 2.05) is 32.4 Å². The molecule has 1 atom stereocenters. The number of hydrogen-bond acceptors (Lipinski definition) is 3. The molecule has 0 saturated carbocycles. The smallest absolute Gasteiger partial charge is 0.152 e. The molecular weight excluding hydrogens is 304 g/mol. The molecule has 17 heavy (non-hydrogen) atoms. The molecule has 0 aliphatic heterocycles. The molecule has 90 valence electrons. The van der Waals surface area contributed by atoms with Crippen LogP contribution in [0.15, 0.2) is 29.1 Å². The molecule has 0 amide bonds. The van der Waals surface area contributed by atoms with Crippen LogP contribution in [0.1, 0.15) is 18.5 Å². The lowest BCUT2D eigenvalue weighted by Crippen LogP contribution is -2.06. The monoisotopic (exact) mass is 314 g/mol. The summed E-state index contributed by atoms with van der Waals surface area (Å²) in [6.45, 7) is 2.05. The number of nitrogens with zero attached hydrogens (tertiary/aromatic N) is 3. The van der Waals surface area contributed by atoms with Crippen molar-refractivity contribution < 1.29 is 0 Å². The van der Waals surface area contributed by atoms with Crippen molar-refractivity contribution in [2.75, 3.05) is 5.32 Å². The maximum absolute atomic E-state index is 6.02. The molecule has 4 nitrogen and oxygen atoms in total. The normalized spacial score (nSPS) is 12.5. The van der Waals surface area contributed by atoms with Gasteiger partial charge in [-0.15, -0.1) is 0 Å². The van der Waals surface area contributed by atoms with Crippen molar-refractivity contribution in [1.82, 2.24) is 14.8 Å². The highest BCUT2D eigenvalue weighted by Gasteiger charge is 2.10. The number of aromatic nitrogens is 3. The Bertz CT molecular complexity index is 526. The summed E-state index contributed by atoms with van der Waals surface area (Å²) < 4.78 is 2.66. The van der Waals surface area contributed by atoms with Gasteiger partial charge in [0.1, 0.15) is 0 Å². The van der Waals surface area contributed by atoms with E-state index in [1.54, 1.807) is 10.9 Å². The zero-order chi connectivity index (χ0) is 12.4. The number of aryl methyl sites for hydroxylation is 1. The lowest BCUT2D eigenvalue weighted by atomic mass is 10.2. The van der Waals surface area contributed by atoms with Crippen LogP contribution < -0.4 is 5.32 Å². The number of hydrogen-bond donors (Lipinski definition) is 1. The zero-order valence-electron chi connectivity index (χ0n) is 9.48. The van der Waals surface area contributed by atoms with Crippen LogP contribution in [0.4, 0.5) is 5.69 Å². The Labute approximate surface area is 113 Å². The molecular formula is C11H12BrClN4. The predicted octanol–water partition coefficient (Wildman–Crippen LogP) is 3.40. The average molecular weight is 316 g/mol. The predicted molar refractivity (Wildman–Crippen MR) is 72.2 cm³/mol. The van der Waals surface area contributed by atoms with Gasteiger partial charge in [0.25, 0.3) is 0 Å². The van der Waals surface area contributed by atoms with E-state index < -0.39 is 0 Å². The van der Waals surface area contributed by atoms with E-state index in [1.165, 1.54) is 0 Å². The minimum Gasteiger partial charge on any atom is -0.376 e. The Kier molecular flexibility index (Phi) is 3.69. The van der Waals surface area contributed by atoms with Gasteiger partial charge in [0.2, 0.25) is 0 Å². The summed E-state index contributed by atoms with van der Waals surface area (Å²) in [4.78, 5) is 4.07. The molecule has 0 aliphatic carbocycles. The first-order valence-corrected chi connectivity index (χ1v) is 6.29. The highest BCUT2D eigenvalue weighted by molar-refractivity contribution is 9.10. The Morgan fingerprint density at radius 1 is 1.47 bits per heavy atom. The summed E-state index contributed by atoms with van der Waals surface area (Å²) in [5.41, 5.74) is 1.90. The van der Waals surface area contributed by atoms with Crippen LogP contribution in [0.25, 0.3) is 0 Å². The fourth-order valence-corrected chi connectivity index (χ4v) is 1.99. The molecule has 0 radical (unpaired) electrons. The van der Waals surface area contributed by atoms with Gasteiger partial charge in [-0.2, -0.15) is 5.10 Å². The number of pyridine rings is 1. The third-order valence-electron chi connectivity index (χ3n) is 2.40. The molecule has 2 rings (SSSR count). The molecule has 0 fully saturated rings. The highest BCUT2D eigenvalue weighted by Crippen LogP contribution is 2.26. The van der Waals surface area contributed by atoms with Crippen LogP contribution in [0.3, 0.4) is 0 Å². The quantitative estimate of drug-likeness (QED) is 0.883. The minimum atomic E-state index is 0.122. The molecule has 0 bridgehead atoms. The third-order valence-corrected chi connectivity index (χ3v) is 3.14. The van der Waals surface area contributed by atoms with E-state index in [9.17, 15) is 0 Å². The van der Waals surface area contributed by atoms with Crippen molar-refractivity contribution in [3.8, 4) is 0 Å².